The molecule has 0 aliphatic rings. The molecule has 5 heteroatoms. The summed E-state index contributed by atoms with van der Waals surface area (Å²) in [7, 11) is 1.53. The van der Waals surface area contributed by atoms with Crippen molar-refractivity contribution in [2.75, 3.05) is 7.11 Å². The van der Waals surface area contributed by atoms with E-state index in [1.54, 1.807) is 6.21 Å². The summed E-state index contributed by atoms with van der Waals surface area (Å²) in [5.74, 6) is 0.820. The largest absolute Gasteiger partial charge is 0.489 e. The van der Waals surface area contributed by atoms with E-state index in [-0.39, 0.29) is 0 Å². The fourth-order valence-electron chi connectivity index (χ4n) is 3.14. The monoisotopic (exact) mass is 371 g/mol. The third kappa shape index (κ3) is 3.88. The van der Waals surface area contributed by atoms with Crippen LogP contribution in [0.5, 0.6) is 5.75 Å². The van der Waals surface area contributed by atoms with E-state index in [1.807, 2.05) is 53.2 Å². The number of hydrogen-bond donors (Lipinski definition) is 0. The number of hydrogen-bond acceptors (Lipinski definition) is 4. The molecule has 1 heterocycles. The average Bonchev–Trinajstić information content (AvgIpc) is 3.12. The summed E-state index contributed by atoms with van der Waals surface area (Å²) in [5, 5.41) is 9.71. The van der Waals surface area contributed by atoms with Gasteiger partial charge < -0.3 is 9.57 Å². The van der Waals surface area contributed by atoms with E-state index >= 15 is 0 Å². The topological polar surface area (TPSA) is 48.6 Å². The molecule has 1 aromatic heterocycles. The lowest BCUT2D eigenvalue weighted by molar-refractivity contribution is 0.214. The highest BCUT2D eigenvalue weighted by molar-refractivity contribution is 5.93. The highest BCUT2D eigenvalue weighted by Gasteiger charge is 2.12. The van der Waals surface area contributed by atoms with Gasteiger partial charge in [-0.25, -0.2) is 0 Å². The van der Waals surface area contributed by atoms with Crippen molar-refractivity contribution in [3.8, 4) is 17.0 Å². The summed E-state index contributed by atoms with van der Waals surface area (Å²) in [5.41, 5.74) is 4.13. The Bertz CT molecular complexity index is 1090. The van der Waals surface area contributed by atoms with Crippen LogP contribution in [-0.2, 0) is 18.0 Å². The molecule has 3 aromatic carbocycles. The van der Waals surface area contributed by atoms with Crippen molar-refractivity contribution in [2.45, 2.75) is 13.2 Å². The summed E-state index contributed by atoms with van der Waals surface area (Å²) in [6.45, 7) is 1.07. The molecule has 0 saturated carbocycles. The smallest absolute Gasteiger partial charge is 0.120 e. The molecular weight excluding hydrogens is 350 g/mol. The number of ether oxygens (including phenoxy) is 1. The van der Waals surface area contributed by atoms with E-state index in [0.29, 0.717) is 13.2 Å². The Balaban J connectivity index is 1.63. The number of para-hydroxylation sites is 1. The number of rotatable bonds is 7. The van der Waals surface area contributed by atoms with E-state index in [9.17, 15) is 0 Å². The van der Waals surface area contributed by atoms with Crippen LogP contribution in [-0.4, -0.2) is 23.1 Å². The Morgan fingerprint density at radius 3 is 2.64 bits per heavy atom. The summed E-state index contributed by atoms with van der Waals surface area (Å²) < 4.78 is 7.90. The number of aromatic nitrogens is 2. The molecule has 140 valence electrons. The summed E-state index contributed by atoms with van der Waals surface area (Å²) in [4.78, 5) is 4.76. The van der Waals surface area contributed by atoms with Gasteiger partial charge in [-0.05, 0) is 23.8 Å². The van der Waals surface area contributed by atoms with Gasteiger partial charge in [-0.15, -0.1) is 0 Å². The van der Waals surface area contributed by atoms with E-state index < -0.39 is 0 Å². The van der Waals surface area contributed by atoms with Crippen LogP contribution < -0.4 is 4.74 Å². The van der Waals surface area contributed by atoms with Crippen molar-refractivity contribution >= 4 is 17.1 Å². The minimum Gasteiger partial charge on any atom is -0.489 e. The normalized spacial score (nSPS) is 11.2. The van der Waals surface area contributed by atoms with Gasteiger partial charge in [0.1, 0.15) is 25.2 Å². The number of nitrogens with zero attached hydrogens (tertiary/aromatic N) is 3. The van der Waals surface area contributed by atoms with Crippen molar-refractivity contribution in [1.29, 1.82) is 0 Å². The van der Waals surface area contributed by atoms with Crippen LogP contribution >= 0.6 is 0 Å². The first-order valence-electron chi connectivity index (χ1n) is 9.13. The maximum Gasteiger partial charge on any atom is 0.120 e. The van der Waals surface area contributed by atoms with E-state index in [4.69, 9.17) is 14.7 Å². The molecule has 0 spiro atoms. The molecule has 0 radical (unpaired) electrons. The predicted octanol–water partition coefficient (Wildman–Crippen LogP) is 4.91. The minimum absolute atomic E-state index is 0.535. The van der Waals surface area contributed by atoms with Gasteiger partial charge in [0.05, 0.1) is 18.3 Å². The number of oxime groups is 1. The van der Waals surface area contributed by atoms with Gasteiger partial charge in [0.25, 0.3) is 0 Å². The fraction of sp³-hybridized carbons (Fsp3) is 0.130. The maximum absolute atomic E-state index is 5.98. The van der Waals surface area contributed by atoms with Crippen LogP contribution in [0.2, 0.25) is 0 Å². The third-order valence-corrected chi connectivity index (χ3v) is 4.45. The molecule has 5 nitrogen and oxygen atoms in total. The molecule has 0 amide bonds. The van der Waals surface area contributed by atoms with Crippen LogP contribution in [0.15, 0.2) is 84.0 Å². The van der Waals surface area contributed by atoms with Crippen molar-refractivity contribution in [2.24, 2.45) is 5.16 Å². The van der Waals surface area contributed by atoms with Gasteiger partial charge >= 0.3 is 0 Å². The molecule has 0 bridgehead atoms. The van der Waals surface area contributed by atoms with Gasteiger partial charge in [0.2, 0.25) is 0 Å². The Hall–Kier alpha value is -3.60. The fourth-order valence-corrected chi connectivity index (χ4v) is 3.14. The number of fused-ring (bicyclic) bond motifs is 1. The van der Waals surface area contributed by atoms with Crippen molar-refractivity contribution in [3.63, 3.8) is 0 Å². The second-order valence-electron chi connectivity index (χ2n) is 6.32. The zero-order chi connectivity index (χ0) is 19.2. The van der Waals surface area contributed by atoms with Gasteiger partial charge in [-0.2, -0.15) is 5.10 Å². The summed E-state index contributed by atoms with van der Waals surface area (Å²) in [6, 6.07) is 26.4. The van der Waals surface area contributed by atoms with Gasteiger partial charge in [0, 0.05) is 10.9 Å². The Morgan fingerprint density at radius 2 is 1.79 bits per heavy atom. The minimum atomic E-state index is 0.535. The van der Waals surface area contributed by atoms with Gasteiger partial charge in [0.15, 0.2) is 0 Å². The summed E-state index contributed by atoms with van der Waals surface area (Å²) in [6.07, 6.45) is 1.70. The van der Waals surface area contributed by atoms with Crippen LogP contribution in [0, 0.1) is 0 Å². The lowest BCUT2D eigenvalue weighted by Gasteiger charge is -2.07. The molecule has 28 heavy (non-hydrogen) atoms. The Morgan fingerprint density at radius 1 is 0.964 bits per heavy atom. The van der Waals surface area contributed by atoms with Gasteiger partial charge in [-0.3, -0.25) is 4.68 Å². The van der Waals surface area contributed by atoms with Gasteiger partial charge in [-0.1, -0.05) is 65.8 Å². The molecule has 0 N–H and O–H groups in total. The molecular formula is C23H21N3O2. The van der Waals surface area contributed by atoms with Crippen LogP contribution in [0.25, 0.3) is 22.2 Å². The van der Waals surface area contributed by atoms with E-state index in [0.717, 1.165) is 33.5 Å². The lowest BCUT2D eigenvalue weighted by atomic mass is 10.1. The molecule has 0 unspecified atom stereocenters. The highest BCUT2D eigenvalue weighted by atomic mass is 16.6. The van der Waals surface area contributed by atoms with Crippen molar-refractivity contribution in [3.05, 3.63) is 84.4 Å². The van der Waals surface area contributed by atoms with Crippen molar-refractivity contribution in [1.82, 2.24) is 9.78 Å². The first-order chi connectivity index (χ1) is 13.8. The maximum atomic E-state index is 5.98. The number of benzene rings is 3. The quantitative estimate of drug-likeness (QED) is 0.342. The highest BCUT2D eigenvalue weighted by Crippen LogP contribution is 2.30. The molecule has 0 saturated heterocycles. The summed E-state index contributed by atoms with van der Waals surface area (Å²) >= 11 is 0. The van der Waals surface area contributed by atoms with Crippen LogP contribution in [0.4, 0.5) is 0 Å². The zero-order valence-corrected chi connectivity index (χ0v) is 15.7. The van der Waals surface area contributed by atoms with E-state index in [1.165, 1.54) is 7.11 Å². The lowest BCUT2D eigenvalue weighted by Crippen LogP contribution is -2.01. The standard InChI is InChI=1S/C23H21N3O2/c1-27-24-14-15-26-22-13-6-5-12-21(22)23(25-26)19-10-7-11-20(16-19)28-17-18-8-3-2-4-9-18/h2-14,16H,15,17H2,1H3/b24-14+. The molecule has 0 aliphatic carbocycles. The molecule has 0 fully saturated rings. The Labute approximate surface area is 163 Å². The molecule has 4 aromatic rings. The second kappa shape index (κ2) is 8.39. The molecule has 0 atom stereocenters. The van der Waals surface area contributed by atoms with Crippen LogP contribution in [0.3, 0.4) is 0 Å². The Kier molecular flexibility index (Phi) is 5.33. The first-order valence-corrected chi connectivity index (χ1v) is 9.13. The third-order valence-electron chi connectivity index (χ3n) is 4.45. The van der Waals surface area contributed by atoms with Crippen LogP contribution in [0.1, 0.15) is 5.56 Å². The SMILES string of the molecule is CO/N=C/Cn1nc(-c2cccc(OCc3ccccc3)c2)c2ccccc21. The predicted molar refractivity (Wildman–Crippen MR) is 111 cm³/mol. The molecule has 4 rings (SSSR count). The van der Waals surface area contributed by atoms with Crippen molar-refractivity contribution < 1.29 is 9.57 Å². The average molecular weight is 371 g/mol. The second-order valence-corrected chi connectivity index (χ2v) is 6.32. The molecule has 0 aliphatic heterocycles. The zero-order valence-electron chi connectivity index (χ0n) is 15.7. The van der Waals surface area contributed by atoms with E-state index in [2.05, 4.69) is 35.5 Å². The first kappa shape index (κ1) is 17.8.